The number of rotatable bonds is 2. The first-order chi connectivity index (χ1) is 6.95. The Bertz CT molecular complexity index is 227. The summed E-state index contributed by atoms with van der Waals surface area (Å²) < 4.78 is 4.49. The van der Waals surface area contributed by atoms with Gasteiger partial charge in [-0.05, 0) is 11.8 Å². The number of hydrogen-bond donors (Lipinski definition) is 3. The Morgan fingerprint density at radius 3 is 2.73 bits per heavy atom. The Kier molecular flexibility index (Phi) is 4.04. The third-order valence-corrected chi connectivity index (χ3v) is 2.41. The fourth-order valence-electron chi connectivity index (χ4n) is 1.35. The summed E-state index contributed by atoms with van der Waals surface area (Å²) >= 11 is 0. The minimum absolute atomic E-state index is 0.0140. The highest BCUT2D eigenvalue weighted by Gasteiger charge is 2.35. The Balaban J connectivity index is 2.52. The molecule has 6 nitrogen and oxygen atoms in total. The molecule has 0 aliphatic carbocycles. The van der Waals surface area contributed by atoms with Gasteiger partial charge in [0.15, 0.2) is 6.79 Å². The monoisotopic (exact) mass is 218 g/mol. The van der Waals surface area contributed by atoms with E-state index in [0.29, 0.717) is 6.42 Å². The third-order valence-electron chi connectivity index (χ3n) is 2.41. The van der Waals surface area contributed by atoms with Gasteiger partial charge in [-0.2, -0.15) is 11.0 Å². The van der Waals surface area contributed by atoms with Gasteiger partial charge in [0.05, 0.1) is 0 Å². The first-order valence-electron chi connectivity index (χ1n) is 4.89. The Morgan fingerprint density at radius 1 is 1.53 bits per heavy atom. The zero-order chi connectivity index (χ0) is 11.5. The van der Waals surface area contributed by atoms with Crippen LogP contribution in [0.25, 0.3) is 0 Å². The number of carbonyl (C=O) groups is 1. The molecular formula is C9H18N2O4. The summed E-state index contributed by atoms with van der Waals surface area (Å²) in [7, 11) is 0. The van der Waals surface area contributed by atoms with E-state index in [4.69, 9.17) is 10.0 Å². The molecule has 1 aliphatic heterocycles. The molecule has 6 heteroatoms. The molecule has 0 saturated carbocycles. The van der Waals surface area contributed by atoms with Crippen LogP contribution in [0.4, 0.5) is 0 Å². The molecule has 3 N–H and O–H groups in total. The smallest absolute Gasteiger partial charge is 0.327 e. The van der Waals surface area contributed by atoms with Crippen LogP contribution < -0.4 is 11.0 Å². The SMILES string of the molecule is CC(C)(C)C1CC(C(=O)OCO)NON1. The number of aliphatic hydroxyl groups is 1. The van der Waals surface area contributed by atoms with Crippen molar-refractivity contribution in [2.75, 3.05) is 6.79 Å². The second kappa shape index (κ2) is 4.89. The summed E-state index contributed by atoms with van der Waals surface area (Å²) in [6, 6.07) is -0.488. The number of hydroxylamine groups is 2. The molecule has 1 saturated heterocycles. The quantitative estimate of drug-likeness (QED) is 0.436. The van der Waals surface area contributed by atoms with Crippen LogP contribution in [-0.4, -0.2) is 30.0 Å². The predicted molar refractivity (Wildman–Crippen MR) is 52.2 cm³/mol. The molecule has 0 spiro atoms. The summed E-state index contributed by atoms with van der Waals surface area (Å²) in [5.41, 5.74) is 5.30. The van der Waals surface area contributed by atoms with E-state index in [0.717, 1.165) is 0 Å². The van der Waals surface area contributed by atoms with Crippen LogP contribution in [0.15, 0.2) is 0 Å². The first kappa shape index (κ1) is 12.4. The molecule has 0 amide bonds. The topological polar surface area (TPSA) is 79.8 Å². The number of nitrogens with one attached hydrogen (secondary N) is 2. The molecule has 1 aliphatic rings. The molecule has 0 aromatic rings. The average molecular weight is 218 g/mol. The van der Waals surface area contributed by atoms with E-state index in [9.17, 15) is 4.79 Å². The fourth-order valence-corrected chi connectivity index (χ4v) is 1.35. The number of hydrogen-bond acceptors (Lipinski definition) is 6. The van der Waals surface area contributed by atoms with Gasteiger partial charge in [0.1, 0.15) is 6.04 Å². The maximum Gasteiger partial charge on any atom is 0.327 e. The second-order valence-electron chi connectivity index (χ2n) is 4.64. The summed E-state index contributed by atoms with van der Waals surface area (Å²) in [6.07, 6.45) is 0.558. The van der Waals surface area contributed by atoms with E-state index >= 15 is 0 Å². The highest BCUT2D eigenvalue weighted by molar-refractivity contribution is 5.75. The van der Waals surface area contributed by atoms with Crippen LogP contribution in [0.3, 0.4) is 0 Å². The van der Waals surface area contributed by atoms with Crippen molar-refractivity contribution in [3.63, 3.8) is 0 Å². The van der Waals surface area contributed by atoms with Gasteiger partial charge in [-0.25, -0.2) is 4.94 Å². The molecule has 0 radical (unpaired) electrons. The lowest BCUT2D eigenvalue weighted by Crippen LogP contribution is -2.56. The molecular weight excluding hydrogens is 200 g/mol. The molecule has 2 unspecified atom stereocenters. The minimum Gasteiger partial charge on any atom is -0.437 e. The van der Waals surface area contributed by atoms with Gasteiger partial charge in [-0.15, -0.1) is 0 Å². The zero-order valence-corrected chi connectivity index (χ0v) is 9.24. The van der Waals surface area contributed by atoms with Crippen LogP contribution in [0.5, 0.6) is 0 Å². The van der Waals surface area contributed by atoms with Crippen molar-refractivity contribution in [3.05, 3.63) is 0 Å². The Labute approximate surface area is 88.8 Å². The van der Waals surface area contributed by atoms with Gasteiger partial charge in [0, 0.05) is 6.04 Å². The van der Waals surface area contributed by atoms with E-state index in [1.54, 1.807) is 0 Å². The molecule has 0 bridgehead atoms. The molecule has 1 rings (SSSR count). The Hall–Kier alpha value is -0.690. The van der Waals surface area contributed by atoms with E-state index in [1.165, 1.54) is 0 Å². The zero-order valence-electron chi connectivity index (χ0n) is 9.24. The summed E-state index contributed by atoms with van der Waals surface area (Å²) in [4.78, 5) is 16.2. The lowest BCUT2D eigenvalue weighted by atomic mass is 9.83. The highest BCUT2D eigenvalue weighted by Crippen LogP contribution is 2.24. The van der Waals surface area contributed by atoms with Crippen molar-refractivity contribution in [2.45, 2.75) is 39.3 Å². The van der Waals surface area contributed by atoms with E-state index in [2.05, 4.69) is 15.7 Å². The average Bonchev–Trinajstić information content (AvgIpc) is 2.17. The second-order valence-corrected chi connectivity index (χ2v) is 4.64. The molecule has 88 valence electrons. The molecule has 0 aromatic carbocycles. The molecule has 15 heavy (non-hydrogen) atoms. The summed E-state index contributed by atoms with van der Waals surface area (Å²) in [5.74, 6) is -0.506. The lowest BCUT2D eigenvalue weighted by molar-refractivity contribution is -0.175. The van der Waals surface area contributed by atoms with Crippen molar-refractivity contribution < 1.29 is 19.6 Å². The van der Waals surface area contributed by atoms with Gasteiger partial charge < -0.3 is 9.84 Å². The summed E-state index contributed by atoms with van der Waals surface area (Å²) in [5, 5.41) is 8.47. The van der Waals surface area contributed by atoms with Gasteiger partial charge >= 0.3 is 5.97 Å². The van der Waals surface area contributed by atoms with Crippen molar-refractivity contribution in [1.29, 1.82) is 0 Å². The molecule has 1 fully saturated rings. The maximum atomic E-state index is 11.3. The predicted octanol–water partition coefficient (Wildman–Crippen LogP) is -0.308. The fraction of sp³-hybridized carbons (Fsp3) is 0.889. The Morgan fingerprint density at radius 2 is 2.20 bits per heavy atom. The number of ether oxygens (including phenoxy) is 1. The molecule has 2 atom stereocenters. The van der Waals surface area contributed by atoms with Crippen LogP contribution >= 0.6 is 0 Å². The van der Waals surface area contributed by atoms with Gasteiger partial charge in [-0.1, -0.05) is 20.8 Å². The van der Waals surface area contributed by atoms with Crippen molar-refractivity contribution in [2.24, 2.45) is 5.41 Å². The standard InChI is InChI=1S/C9H18N2O4/c1-9(2,3)7-4-6(10-15-11-7)8(13)14-5-12/h6-7,10-12H,4-5H2,1-3H3. The number of aliphatic hydroxyl groups excluding tert-OH is 1. The van der Waals surface area contributed by atoms with E-state index in [1.807, 2.05) is 20.8 Å². The largest absolute Gasteiger partial charge is 0.437 e. The number of carbonyl (C=O) groups excluding carboxylic acids is 1. The number of esters is 1. The van der Waals surface area contributed by atoms with E-state index in [-0.39, 0.29) is 11.5 Å². The van der Waals surface area contributed by atoms with Crippen LogP contribution in [0.1, 0.15) is 27.2 Å². The van der Waals surface area contributed by atoms with Gasteiger partial charge in [0.2, 0.25) is 0 Å². The summed E-state index contributed by atoms with van der Waals surface area (Å²) in [6.45, 7) is 5.54. The van der Waals surface area contributed by atoms with Crippen LogP contribution in [0, 0.1) is 5.41 Å². The normalized spacial score (nSPS) is 27.5. The minimum atomic E-state index is -0.607. The van der Waals surface area contributed by atoms with Crippen LogP contribution in [0.2, 0.25) is 0 Å². The first-order valence-corrected chi connectivity index (χ1v) is 4.89. The van der Waals surface area contributed by atoms with E-state index < -0.39 is 18.8 Å². The van der Waals surface area contributed by atoms with Crippen molar-refractivity contribution in [1.82, 2.24) is 11.0 Å². The van der Waals surface area contributed by atoms with Crippen LogP contribution in [-0.2, 0) is 14.5 Å². The maximum absolute atomic E-state index is 11.3. The van der Waals surface area contributed by atoms with Crippen molar-refractivity contribution >= 4 is 5.97 Å². The molecule has 0 aromatic heterocycles. The van der Waals surface area contributed by atoms with Gasteiger partial charge in [0.25, 0.3) is 0 Å². The van der Waals surface area contributed by atoms with Gasteiger partial charge in [-0.3, -0.25) is 4.79 Å². The molecule has 1 heterocycles. The lowest BCUT2D eigenvalue weighted by Gasteiger charge is -2.36. The third kappa shape index (κ3) is 3.42. The van der Waals surface area contributed by atoms with Crippen molar-refractivity contribution in [3.8, 4) is 0 Å². The highest BCUT2D eigenvalue weighted by atomic mass is 16.8.